The van der Waals surface area contributed by atoms with Crippen LogP contribution in [-0.2, 0) is 9.53 Å². The fourth-order valence-electron chi connectivity index (χ4n) is 4.51. The highest BCUT2D eigenvalue weighted by Gasteiger charge is 2.49. The lowest BCUT2D eigenvalue weighted by Crippen LogP contribution is -2.66. The summed E-state index contributed by atoms with van der Waals surface area (Å²) in [6.07, 6.45) is 1.31. The summed E-state index contributed by atoms with van der Waals surface area (Å²) < 4.78 is 13.6. The zero-order valence-corrected chi connectivity index (χ0v) is 22.7. The average molecular weight is 528 g/mol. The summed E-state index contributed by atoms with van der Waals surface area (Å²) >= 11 is 1.34. The third kappa shape index (κ3) is 4.70. The molecule has 2 aromatic heterocycles. The van der Waals surface area contributed by atoms with Gasteiger partial charge in [0.15, 0.2) is 0 Å². The molecular formula is C26H33N5O5S. The van der Waals surface area contributed by atoms with Crippen molar-refractivity contribution in [2.45, 2.75) is 58.7 Å². The molecule has 0 saturated carbocycles. The van der Waals surface area contributed by atoms with E-state index in [4.69, 9.17) is 15.2 Å². The quantitative estimate of drug-likeness (QED) is 0.438. The van der Waals surface area contributed by atoms with E-state index >= 15 is 0 Å². The summed E-state index contributed by atoms with van der Waals surface area (Å²) in [5.74, 6) is -0.568. The predicted molar refractivity (Wildman–Crippen MR) is 141 cm³/mol. The molecule has 3 N–H and O–H groups in total. The number of aliphatic hydroxyl groups is 1. The van der Waals surface area contributed by atoms with E-state index in [9.17, 15) is 14.7 Å². The summed E-state index contributed by atoms with van der Waals surface area (Å²) in [7, 11) is 1.59. The van der Waals surface area contributed by atoms with Crippen LogP contribution >= 0.6 is 11.3 Å². The molecule has 0 aliphatic carbocycles. The highest BCUT2D eigenvalue weighted by Crippen LogP contribution is 2.45. The molecule has 2 atom stereocenters. The Balaban J connectivity index is 1.88. The molecule has 1 unspecified atom stereocenters. The van der Waals surface area contributed by atoms with E-state index in [1.807, 2.05) is 45.0 Å². The summed E-state index contributed by atoms with van der Waals surface area (Å²) in [4.78, 5) is 29.1. The van der Waals surface area contributed by atoms with E-state index in [1.54, 1.807) is 35.2 Å². The summed E-state index contributed by atoms with van der Waals surface area (Å²) in [6.45, 7) is 8.91. The Labute approximate surface area is 220 Å². The lowest BCUT2D eigenvalue weighted by atomic mass is 9.98. The number of hydrogen-bond donors (Lipinski definition) is 2. The third-order valence-electron chi connectivity index (χ3n) is 6.51. The molecule has 0 fully saturated rings. The molecule has 1 aliphatic rings. The number of carbonyl (C=O) groups excluding carboxylic acids is 2. The van der Waals surface area contributed by atoms with Crippen molar-refractivity contribution in [3.8, 4) is 10.8 Å². The molecule has 11 heteroatoms. The first-order chi connectivity index (χ1) is 17.5. The number of anilines is 1. The van der Waals surface area contributed by atoms with E-state index in [0.29, 0.717) is 21.9 Å². The predicted octanol–water partition coefficient (Wildman–Crippen LogP) is 3.22. The van der Waals surface area contributed by atoms with Gasteiger partial charge in [-0.3, -0.25) is 14.5 Å². The first kappa shape index (κ1) is 26.6. The van der Waals surface area contributed by atoms with Crippen LogP contribution in [0.15, 0.2) is 42.7 Å². The zero-order chi connectivity index (χ0) is 27.1. The second kappa shape index (κ2) is 10.2. The van der Waals surface area contributed by atoms with Gasteiger partial charge in [-0.15, -0.1) is 0 Å². The Bertz CT molecular complexity index is 1290. The fourth-order valence-corrected chi connectivity index (χ4v) is 5.78. The number of nitrogens with two attached hydrogens (primary N) is 1. The number of amides is 2. The van der Waals surface area contributed by atoms with Gasteiger partial charge >= 0.3 is 0 Å². The molecule has 0 bridgehead atoms. The lowest BCUT2D eigenvalue weighted by molar-refractivity contribution is -0.133. The molecule has 0 radical (unpaired) electrons. The molecule has 2 amide bonds. The number of para-hydroxylation sites is 1. The summed E-state index contributed by atoms with van der Waals surface area (Å²) in [5, 5.41) is 17.3. The SMILES string of the molecule is COc1ccccc1[C@H](CN1c2sc(-n3cccn3)c(C)c2C(=O)N(C(C)(C)C(N)=O)C1O)OC(C)C. The van der Waals surface area contributed by atoms with Crippen molar-refractivity contribution in [3.63, 3.8) is 0 Å². The monoisotopic (exact) mass is 527 g/mol. The fraction of sp³-hybridized carbons (Fsp3) is 0.423. The number of rotatable bonds is 9. The van der Waals surface area contributed by atoms with Crippen molar-refractivity contribution < 1.29 is 24.2 Å². The van der Waals surface area contributed by atoms with Crippen LogP contribution in [0.5, 0.6) is 5.75 Å². The maximum atomic E-state index is 13.8. The Morgan fingerprint density at radius 3 is 2.54 bits per heavy atom. The van der Waals surface area contributed by atoms with Crippen LogP contribution in [0.1, 0.15) is 55.3 Å². The number of ether oxygens (including phenoxy) is 2. The summed E-state index contributed by atoms with van der Waals surface area (Å²) in [6, 6.07) is 9.32. The molecule has 1 aromatic carbocycles. The molecule has 4 rings (SSSR count). The standard InChI is InChI=1S/C26H33N5O5S/c1-15(2)36-19(17-10-7-8-11-18(17)35-6)14-29-23-20(16(3)22(37-23)30-13-9-12-28-30)21(32)31(25(29)34)26(4,5)24(27)33/h7-13,15,19,25,34H,14H2,1-6H3,(H2,27,33)/t19-,25?/m0/s1. The molecule has 10 nitrogen and oxygen atoms in total. The van der Waals surface area contributed by atoms with Gasteiger partial charge < -0.3 is 25.2 Å². The van der Waals surface area contributed by atoms with Crippen LogP contribution in [0.3, 0.4) is 0 Å². The highest BCUT2D eigenvalue weighted by atomic mass is 32.1. The van der Waals surface area contributed by atoms with E-state index < -0.39 is 29.8 Å². The zero-order valence-electron chi connectivity index (χ0n) is 21.8. The first-order valence-electron chi connectivity index (χ1n) is 12.0. The van der Waals surface area contributed by atoms with Crippen LogP contribution in [-0.4, -0.2) is 63.3 Å². The number of aliphatic hydroxyl groups excluding tert-OH is 1. The van der Waals surface area contributed by atoms with Gasteiger partial charge in [0.1, 0.15) is 27.4 Å². The molecule has 3 aromatic rings. The van der Waals surface area contributed by atoms with Gasteiger partial charge in [0.2, 0.25) is 12.3 Å². The minimum absolute atomic E-state index is 0.138. The summed E-state index contributed by atoms with van der Waals surface area (Å²) in [5.41, 5.74) is 6.10. The number of methoxy groups -OCH3 is 1. The topological polar surface area (TPSA) is 123 Å². The number of aromatic nitrogens is 2. The van der Waals surface area contributed by atoms with Crippen LogP contribution in [0.4, 0.5) is 5.00 Å². The Morgan fingerprint density at radius 1 is 1.24 bits per heavy atom. The lowest BCUT2D eigenvalue weighted by Gasteiger charge is -2.47. The number of fused-ring (bicyclic) bond motifs is 1. The van der Waals surface area contributed by atoms with Gasteiger partial charge in [-0.05, 0) is 46.8 Å². The van der Waals surface area contributed by atoms with E-state index in [-0.39, 0.29) is 12.6 Å². The molecule has 3 heterocycles. The smallest absolute Gasteiger partial charge is 0.261 e. The molecule has 198 valence electrons. The highest BCUT2D eigenvalue weighted by molar-refractivity contribution is 7.19. The number of thiophene rings is 1. The third-order valence-corrected chi connectivity index (χ3v) is 7.83. The largest absolute Gasteiger partial charge is 0.496 e. The minimum atomic E-state index is -1.47. The molecule has 37 heavy (non-hydrogen) atoms. The first-order valence-corrected chi connectivity index (χ1v) is 12.8. The van der Waals surface area contributed by atoms with Crippen molar-refractivity contribution in [2.75, 3.05) is 18.6 Å². The number of nitrogens with zero attached hydrogens (tertiary/aromatic N) is 4. The van der Waals surface area contributed by atoms with Crippen LogP contribution in [0, 0.1) is 6.92 Å². The number of primary amides is 1. The van der Waals surface area contributed by atoms with Crippen molar-refractivity contribution in [1.82, 2.24) is 14.7 Å². The van der Waals surface area contributed by atoms with Gasteiger partial charge in [0, 0.05) is 23.5 Å². The van der Waals surface area contributed by atoms with Gasteiger partial charge in [-0.25, -0.2) is 4.68 Å². The minimum Gasteiger partial charge on any atom is -0.496 e. The van der Waals surface area contributed by atoms with E-state index in [0.717, 1.165) is 15.5 Å². The van der Waals surface area contributed by atoms with Gasteiger partial charge in [-0.2, -0.15) is 5.10 Å². The van der Waals surface area contributed by atoms with E-state index in [1.165, 1.54) is 25.2 Å². The maximum absolute atomic E-state index is 13.8. The van der Waals surface area contributed by atoms with Crippen LogP contribution < -0.4 is 15.4 Å². The molecule has 0 spiro atoms. The maximum Gasteiger partial charge on any atom is 0.261 e. The molecular weight excluding hydrogens is 494 g/mol. The Hall–Kier alpha value is -3.41. The van der Waals surface area contributed by atoms with Crippen LogP contribution in [0.25, 0.3) is 5.00 Å². The van der Waals surface area contributed by atoms with Crippen molar-refractivity contribution in [3.05, 3.63) is 59.4 Å². The van der Waals surface area contributed by atoms with Gasteiger partial charge in [-0.1, -0.05) is 29.5 Å². The molecule has 0 saturated heterocycles. The van der Waals surface area contributed by atoms with Gasteiger partial charge in [0.05, 0.1) is 25.3 Å². The Morgan fingerprint density at radius 2 is 1.95 bits per heavy atom. The second-order valence-electron chi connectivity index (χ2n) is 9.68. The van der Waals surface area contributed by atoms with E-state index in [2.05, 4.69) is 5.10 Å². The Kier molecular flexibility index (Phi) is 7.31. The normalized spacial score (nSPS) is 16.8. The number of hydrogen-bond acceptors (Lipinski definition) is 8. The number of carbonyl (C=O) groups is 2. The van der Waals surface area contributed by atoms with Crippen molar-refractivity contribution >= 4 is 28.2 Å². The van der Waals surface area contributed by atoms with Gasteiger partial charge in [0.25, 0.3) is 5.91 Å². The second-order valence-corrected chi connectivity index (χ2v) is 10.7. The molecule has 1 aliphatic heterocycles. The van der Waals surface area contributed by atoms with Crippen LogP contribution in [0.2, 0.25) is 0 Å². The number of benzene rings is 1. The van der Waals surface area contributed by atoms with Crippen molar-refractivity contribution in [2.24, 2.45) is 5.73 Å². The average Bonchev–Trinajstić information content (AvgIpc) is 3.48. The van der Waals surface area contributed by atoms with Crippen molar-refractivity contribution in [1.29, 1.82) is 0 Å².